The van der Waals surface area contributed by atoms with Gasteiger partial charge in [-0.25, -0.2) is 0 Å². The van der Waals surface area contributed by atoms with Crippen LogP contribution in [0.2, 0.25) is 0 Å². The molecule has 294 valence electrons. The van der Waals surface area contributed by atoms with E-state index in [0.717, 1.165) is 32.2 Å². The van der Waals surface area contributed by atoms with E-state index in [4.69, 9.17) is 15.2 Å². The van der Waals surface area contributed by atoms with Crippen molar-refractivity contribution in [1.82, 2.24) is 10.6 Å². The van der Waals surface area contributed by atoms with Gasteiger partial charge in [0.1, 0.15) is 45.8 Å². The van der Waals surface area contributed by atoms with Gasteiger partial charge in [-0.3, -0.25) is 0 Å². The smallest absolute Gasteiger partial charge is 0.195 e. The number of aliphatic hydroxyl groups is 8. The molecule has 8 unspecified atom stereocenters. The van der Waals surface area contributed by atoms with Crippen LogP contribution in [0.3, 0.4) is 0 Å². The maximum Gasteiger partial charge on any atom is 0.195 e. The van der Waals surface area contributed by atoms with Crippen LogP contribution >= 0.6 is 0 Å². The van der Waals surface area contributed by atoms with Crippen molar-refractivity contribution in [2.75, 3.05) is 20.1 Å². The number of ether oxygens (including phenoxy) is 2. The summed E-state index contributed by atoms with van der Waals surface area (Å²) in [6, 6.07) is -1.00. The molecule has 2 heterocycles. The third-order valence-electron chi connectivity index (χ3n) is 10.9. The molecule has 48 heavy (non-hydrogen) atoms. The lowest BCUT2D eigenvalue weighted by Gasteiger charge is -2.52. The molecule has 0 spiro atoms. The molecule has 4 aliphatic rings. The van der Waals surface area contributed by atoms with E-state index < -0.39 is 69.5 Å². The molecule has 0 aromatic heterocycles. The average molecular weight is 702 g/mol. The molecule has 12 atom stereocenters. The Kier molecular flexibility index (Phi) is 19.2. The topological polar surface area (TPSA) is 230 Å². The fourth-order valence-corrected chi connectivity index (χ4v) is 6.58. The maximum absolute atomic E-state index is 10.7. The highest BCUT2D eigenvalue weighted by molar-refractivity contribution is 5.36. The quantitative estimate of drug-likeness (QED) is 0.138. The number of unbranched alkanes of at least 4 members (excludes halogenated alkanes) is 6. The zero-order chi connectivity index (χ0) is 34.2. The van der Waals surface area contributed by atoms with Crippen LogP contribution in [0.15, 0.2) is 0 Å². The average Bonchev–Trinajstić information content (AvgIpc) is 3.72. The van der Waals surface area contributed by atoms with Crippen LogP contribution in [0.5, 0.6) is 0 Å². The highest BCUT2D eigenvalue weighted by Crippen LogP contribution is 2.60. The van der Waals surface area contributed by atoms with Crippen molar-refractivity contribution < 1.29 is 50.3 Å². The van der Waals surface area contributed by atoms with Crippen molar-refractivity contribution in [3.63, 3.8) is 0 Å². The van der Waals surface area contributed by atoms with Crippen molar-refractivity contribution in [2.24, 2.45) is 5.73 Å². The van der Waals surface area contributed by atoms with Gasteiger partial charge in [-0.1, -0.05) is 82.1 Å². The molecular weight excluding hydrogens is 622 g/mol. The Morgan fingerprint density at radius 1 is 0.542 bits per heavy atom. The first-order valence-electron chi connectivity index (χ1n) is 16.2. The Hall–Kier alpha value is -0.520. The lowest BCUT2D eigenvalue weighted by molar-refractivity contribution is -0.380. The van der Waals surface area contributed by atoms with Crippen LogP contribution in [0.4, 0.5) is 0 Å². The van der Waals surface area contributed by atoms with E-state index in [0.29, 0.717) is 6.54 Å². The molecule has 4 fully saturated rings. The van der Waals surface area contributed by atoms with Crippen molar-refractivity contribution in [3.8, 4) is 0 Å². The molecule has 4 rings (SSSR count). The SMILES string of the molecule is C.C.C.C.CCCCCCN.CCCCCCNC1C2O[C@@](C)(O)C(C)(O)C(C)(O)[C@@]12O.CNC1C2O[C@@](C)(O)C(C)(O)C(C)(O)[C@@]12O. The van der Waals surface area contributed by atoms with E-state index >= 15 is 0 Å². The lowest BCUT2D eigenvalue weighted by Crippen LogP contribution is -2.74. The van der Waals surface area contributed by atoms with Gasteiger partial charge < -0.3 is 66.7 Å². The first-order valence-corrected chi connectivity index (χ1v) is 16.2. The molecule has 2 saturated carbocycles. The Balaban J connectivity index is -0.000000672. The number of nitrogens with one attached hydrogen (secondary N) is 2. The summed E-state index contributed by atoms with van der Waals surface area (Å²) in [6.45, 7) is 13.6. The number of hydrogen-bond donors (Lipinski definition) is 11. The van der Waals surface area contributed by atoms with Crippen LogP contribution in [0, 0.1) is 0 Å². The zero-order valence-corrected chi connectivity index (χ0v) is 28.4. The number of hydrogen-bond acceptors (Lipinski definition) is 13. The first kappa shape index (κ1) is 51.8. The number of rotatable bonds is 11. The Morgan fingerprint density at radius 3 is 1.25 bits per heavy atom. The second kappa shape index (κ2) is 17.8. The third kappa shape index (κ3) is 8.24. The summed E-state index contributed by atoms with van der Waals surface area (Å²) >= 11 is 0. The maximum atomic E-state index is 10.7. The van der Waals surface area contributed by atoms with E-state index in [1.54, 1.807) is 7.05 Å². The van der Waals surface area contributed by atoms with Crippen LogP contribution < -0.4 is 16.4 Å². The van der Waals surface area contributed by atoms with Gasteiger partial charge in [-0.05, 0) is 74.5 Å². The molecule has 0 amide bonds. The largest absolute Gasteiger partial charge is 0.384 e. The lowest BCUT2D eigenvalue weighted by atomic mass is 9.72. The molecule has 2 aliphatic heterocycles. The van der Waals surface area contributed by atoms with E-state index in [1.807, 2.05) is 0 Å². The summed E-state index contributed by atoms with van der Waals surface area (Å²) < 4.78 is 10.7. The molecule has 0 aromatic rings. The molecule has 13 heteroatoms. The number of fused-ring (bicyclic) bond motifs is 2. The molecule has 2 saturated heterocycles. The number of nitrogens with two attached hydrogens (primary N) is 1. The summed E-state index contributed by atoms with van der Waals surface area (Å²) in [6.07, 6.45) is 8.10. The van der Waals surface area contributed by atoms with Gasteiger partial charge in [0.25, 0.3) is 0 Å². The van der Waals surface area contributed by atoms with E-state index in [9.17, 15) is 40.9 Å². The van der Waals surface area contributed by atoms with Crippen molar-refractivity contribution in [1.29, 1.82) is 0 Å². The van der Waals surface area contributed by atoms with Gasteiger partial charge in [0.05, 0.1) is 12.1 Å². The molecular formula is C35H79N3O10. The minimum Gasteiger partial charge on any atom is -0.384 e. The van der Waals surface area contributed by atoms with E-state index in [1.165, 1.54) is 67.2 Å². The van der Waals surface area contributed by atoms with Crippen LogP contribution in [-0.4, -0.2) is 130 Å². The van der Waals surface area contributed by atoms with Crippen LogP contribution in [-0.2, 0) is 9.47 Å². The zero-order valence-electron chi connectivity index (χ0n) is 28.4. The monoisotopic (exact) mass is 702 g/mol. The fraction of sp³-hybridized carbons (Fsp3) is 1.00. The standard InChI is InChI=1S/C15H29NO5.C10H19NO5.C6H15N.4CH4/c1-5-6-7-8-9-16-10-11-15(10,20)13(3,18)12(2,17)14(4,19)21-11;1-7(12)8(2,13)10(15)5(11-4)6(10)16-9(7,3)14;1-2-3-4-5-6-7;;;;/h10-11,16-20H,5-9H2,1-4H3;5-6,11-15H,1-4H3;2-7H2,1H3;4*1H4/t10?,11?,12?,13?,14-,15-;5?,6?,7?,8?,9-,10-;;;;;/m11...../s1. The first-order chi connectivity index (χ1) is 20.0. The van der Waals surface area contributed by atoms with Gasteiger partial charge >= 0.3 is 0 Å². The highest BCUT2D eigenvalue weighted by Gasteiger charge is 2.85. The van der Waals surface area contributed by atoms with Gasteiger partial charge in [0, 0.05) is 0 Å². The van der Waals surface area contributed by atoms with Crippen molar-refractivity contribution in [3.05, 3.63) is 0 Å². The summed E-state index contributed by atoms with van der Waals surface area (Å²) in [5, 5.41) is 88.8. The minimum absolute atomic E-state index is 0. The summed E-state index contributed by atoms with van der Waals surface area (Å²) in [5.41, 5.74) is -5.63. The number of likely N-dealkylation sites (N-methyl/N-ethyl adjacent to an activating group) is 1. The second-order valence-electron chi connectivity index (χ2n) is 14.1. The molecule has 0 bridgehead atoms. The molecule has 0 aromatic carbocycles. The normalized spacial score (nSPS) is 46.1. The summed E-state index contributed by atoms with van der Waals surface area (Å²) in [4.78, 5) is 0. The highest BCUT2D eigenvalue weighted by atomic mass is 16.7. The molecule has 12 N–H and O–H groups in total. The Labute approximate surface area is 292 Å². The van der Waals surface area contributed by atoms with Crippen LogP contribution in [0.25, 0.3) is 0 Å². The predicted molar refractivity (Wildman–Crippen MR) is 192 cm³/mol. The van der Waals surface area contributed by atoms with E-state index in [2.05, 4.69) is 24.5 Å². The molecule has 0 radical (unpaired) electrons. The Morgan fingerprint density at radius 2 is 0.896 bits per heavy atom. The Bertz CT molecular complexity index is 942. The van der Waals surface area contributed by atoms with Gasteiger partial charge in [0.15, 0.2) is 11.6 Å². The predicted octanol–water partition coefficient (Wildman–Crippen LogP) is 1.88. The fourth-order valence-electron chi connectivity index (χ4n) is 6.58. The third-order valence-corrected chi connectivity index (χ3v) is 10.9. The second-order valence-corrected chi connectivity index (χ2v) is 14.1. The van der Waals surface area contributed by atoms with Gasteiger partial charge in [0.2, 0.25) is 0 Å². The van der Waals surface area contributed by atoms with Gasteiger partial charge in [-0.15, -0.1) is 0 Å². The molecule has 2 aliphatic carbocycles. The van der Waals surface area contributed by atoms with Crippen molar-refractivity contribution >= 4 is 0 Å². The molecule has 13 nitrogen and oxygen atoms in total. The van der Waals surface area contributed by atoms with E-state index in [-0.39, 0.29) is 29.7 Å². The van der Waals surface area contributed by atoms with Gasteiger partial charge in [-0.2, -0.15) is 0 Å². The minimum atomic E-state index is -1.98. The van der Waals surface area contributed by atoms with Crippen LogP contribution in [0.1, 0.15) is 136 Å². The summed E-state index contributed by atoms with van der Waals surface area (Å²) in [7, 11) is 1.61. The summed E-state index contributed by atoms with van der Waals surface area (Å²) in [5.74, 6) is -3.84. The van der Waals surface area contributed by atoms with Crippen molar-refractivity contribution in [2.45, 2.75) is 206 Å².